The van der Waals surface area contributed by atoms with Crippen LogP contribution in [0.4, 0.5) is 4.39 Å². The van der Waals surface area contributed by atoms with Crippen LogP contribution in [0.5, 0.6) is 5.75 Å². The van der Waals surface area contributed by atoms with Gasteiger partial charge in [-0.2, -0.15) is 0 Å². The van der Waals surface area contributed by atoms with Gasteiger partial charge in [-0.25, -0.2) is 9.37 Å². The maximum absolute atomic E-state index is 12.8. The predicted octanol–water partition coefficient (Wildman–Crippen LogP) is 2.56. The van der Waals surface area contributed by atoms with E-state index in [1.807, 2.05) is 0 Å². The van der Waals surface area contributed by atoms with Gasteiger partial charge in [-0.15, -0.1) is 0 Å². The van der Waals surface area contributed by atoms with Crippen LogP contribution < -0.4 is 4.74 Å². The Bertz CT molecular complexity index is 428. The summed E-state index contributed by atoms with van der Waals surface area (Å²) in [7, 11) is 0. The van der Waals surface area contributed by atoms with Crippen molar-refractivity contribution in [1.29, 1.82) is 0 Å². The van der Waals surface area contributed by atoms with E-state index in [1.54, 1.807) is 24.7 Å². The topological polar surface area (TPSA) is 37.9 Å². The van der Waals surface area contributed by atoms with Crippen LogP contribution in [0.15, 0.2) is 36.8 Å². The second-order valence-corrected chi connectivity index (χ2v) is 3.49. The molecule has 0 radical (unpaired) electrons. The number of benzene rings is 1. The summed E-state index contributed by atoms with van der Waals surface area (Å²) in [6.45, 7) is 0.572. The molecular weight excluding hydrogens is 207 g/mol. The van der Waals surface area contributed by atoms with Gasteiger partial charge in [0.2, 0.25) is 0 Å². The van der Waals surface area contributed by atoms with Crippen molar-refractivity contribution in [1.82, 2.24) is 9.97 Å². The Morgan fingerprint density at radius 2 is 2.31 bits per heavy atom. The number of hydrogen-bond donors (Lipinski definition) is 1. The molecule has 0 amide bonds. The number of ether oxygens (including phenoxy) is 1. The average Bonchev–Trinajstić information content (AvgIpc) is 2.77. The first-order chi connectivity index (χ1) is 7.84. The second kappa shape index (κ2) is 5.30. The van der Waals surface area contributed by atoms with Gasteiger partial charge < -0.3 is 9.72 Å². The molecule has 0 aliphatic rings. The average molecular weight is 220 g/mol. The van der Waals surface area contributed by atoms with Gasteiger partial charge in [-0.3, -0.25) is 0 Å². The van der Waals surface area contributed by atoms with Crippen LogP contribution in [-0.2, 0) is 6.42 Å². The molecule has 0 saturated carbocycles. The number of aromatic nitrogens is 2. The Hall–Kier alpha value is -1.84. The number of aromatic amines is 1. The number of nitrogens with one attached hydrogen (secondary N) is 1. The van der Waals surface area contributed by atoms with Gasteiger partial charge in [-0.05, 0) is 25.0 Å². The van der Waals surface area contributed by atoms with Crippen LogP contribution in [0, 0.1) is 5.82 Å². The molecule has 0 aliphatic carbocycles. The van der Waals surface area contributed by atoms with Crippen molar-refractivity contribution in [3.05, 3.63) is 48.3 Å². The highest BCUT2D eigenvalue weighted by molar-refractivity contribution is 5.22. The van der Waals surface area contributed by atoms with Gasteiger partial charge in [-0.1, -0.05) is 6.07 Å². The molecule has 0 saturated heterocycles. The van der Waals surface area contributed by atoms with Crippen LogP contribution in [-0.4, -0.2) is 16.6 Å². The lowest BCUT2D eigenvalue weighted by Gasteiger charge is -2.05. The third-order valence-electron chi connectivity index (χ3n) is 2.21. The quantitative estimate of drug-likeness (QED) is 0.786. The highest BCUT2D eigenvalue weighted by Crippen LogP contribution is 2.12. The van der Waals surface area contributed by atoms with Gasteiger partial charge in [0.25, 0.3) is 0 Å². The van der Waals surface area contributed by atoms with E-state index >= 15 is 0 Å². The first kappa shape index (κ1) is 10.7. The summed E-state index contributed by atoms with van der Waals surface area (Å²) < 4.78 is 18.2. The Balaban J connectivity index is 1.72. The summed E-state index contributed by atoms with van der Waals surface area (Å²) in [5.74, 6) is 0.302. The molecule has 2 rings (SSSR count). The first-order valence-corrected chi connectivity index (χ1v) is 5.20. The molecule has 1 aromatic heterocycles. The van der Waals surface area contributed by atoms with E-state index in [2.05, 4.69) is 9.97 Å². The highest BCUT2D eigenvalue weighted by Gasteiger charge is 1.97. The van der Waals surface area contributed by atoms with E-state index in [0.717, 1.165) is 18.5 Å². The van der Waals surface area contributed by atoms with E-state index in [-0.39, 0.29) is 5.82 Å². The van der Waals surface area contributed by atoms with Crippen molar-refractivity contribution in [2.24, 2.45) is 0 Å². The fraction of sp³-hybridized carbons (Fsp3) is 0.250. The van der Waals surface area contributed by atoms with E-state index in [0.29, 0.717) is 12.4 Å². The number of hydrogen-bond acceptors (Lipinski definition) is 2. The number of nitrogens with zero attached hydrogens (tertiary/aromatic N) is 1. The lowest BCUT2D eigenvalue weighted by molar-refractivity contribution is 0.309. The lowest BCUT2D eigenvalue weighted by Crippen LogP contribution is -1.99. The summed E-state index contributed by atoms with van der Waals surface area (Å²) in [6, 6.07) is 6.17. The number of rotatable bonds is 5. The van der Waals surface area contributed by atoms with E-state index in [9.17, 15) is 4.39 Å². The molecule has 0 fully saturated rings. The smallest absolute Gasteiger partial charge is 0.126 e. The SMILES string of the molecule is Fc1cccc(OCCCc2cnc[nH]2)c1. The summed E-state index contributed by atoms with van der Waals surface area (Å²) in [6.07, 6.45) is 5.21. The molecule has 84 valence electrons. The largest absolute Gasteiger partial charge is 0.493 e. The van der Waals surface area contributed by atoms with Crippen molar-refractivity contribution in [2.45, 2.75) is 12.8 Å². The zero-order valence-electron chi connectivity index (χ0n) is 8.82. The Morgan fingerprint density at radius 1 is 1.38 bits per heavy atom. The molecule has 0 bridgehead atoms. The van der Waals surface area contributed by atoms with Gasteiger partial charge in [0.05, 0.1) is 12.9 Å². The highest BCUT2D eigenvalue weighted by atomic mass is 19.1. The minimum absolute atomic E-state index is 0.272. The molecule has 0 unspecified atom stereocenters. The van der Waals surface area contributed by atoms with Crippen molar-refractivity contribution in [2.75, 3.05) is 6.61 Å². The van der Waals surface area contributed by atoms with Crippen LogP contribution in [0.1, 0.15) is 12.1 Å². The molecular formula is C12H13FN2O. The Kier molecular flexibility index (Phi) is 3.53. The lowest BCUT2D eigenvalue weighted by atomic mass is 10.2. The third kappa shape index (κ3) is 3.08. The van der Waals surface area contributed by atoms with Crippen molar-refractivity contribution in [3.8, 4) is 5.75 Å². The van der Waals surface area contributed by atoms with Gasteiger partial charge in [0.15, 0.2) is 0 Å². The number of halogens is 1. The van der Waals surface area contributed by atoms with E-state index < -0.39 is 0 Å². The van der Waals surface area contributed by atoms with Gasteiger partial charge >= 0.3 is 0 Å². The maximum Gasteiger partial charge on any atom is 0.126 e. The number of aryl methyl sites for hydroxylation is 1. The van der Waals surface area contributed by atoms with Gasteiger partial charge in [0, 0.05) is 18.0 Å². The molecule has 1 heterocycles. The molecule has 4 heteroatoms. The second-order valence-electron chi connectivity index (χ2n) is 3.49. The minimum Gasteiger partial charge on any atom is -0.493 e. The fourth-order valence-corrected chi connectivity index (χ4v) is 1.43. The molecule has 0 aliphatic heterocycles. The molecule has 3 nitrogen and oxygen atoms in total. The van der Waals surface area contributed by atoms with Crippen LogP contribution in [0.3, 0.4) is 0 Å². The first-order valence-electron chi connectivity index (χ1n) is 5.20. The molecule has 1 aromatic carbocycles. The molecule has 2 aromatic rings. The monoisotopic (exact) mass is 220 g/mol. The molecule has 1 N–H and O–H groups in total. The summed E-state index contributed by atoms with van der Waals surface area (Å²) in [5, 5.41) is 0. The van der Waals surface area contributed by atoms with E-state index in [4.69, 9.17) is 4.74 Å². The molecule has 0 spiro atoms. The zero-order chi connectivity index (χ0) is 11.2. The normalized spacial score (nSPS) is 10.3. The van der Waals surface area contributed by atoms with Crippen molar-refractivity contribution >= 4 is 0 Å². The van der Waals surface area contributed by atoms with Gasteiger partial charge in [0.1, 0.15) is 11.6 Å². The summed E-state index contributed by atoms with van der Waals surface area (Å²) in [4.78, 5) is 6.94. The number of H-pyrrole nitrogens is 1. The molecule has 0 atom stereocenters. The van der Waals surface area contributed by atoms with Crippen LogP contribution >= 0.6 is 0 Å². The maximum atomic E-state index is 12.8. The van der Waals surface area contributed by atoms with E-state index in [1.165, 1.54) is 12.1 Å². The predicted molar refractivity (Wildman–Crippen MR) is 58.8 cm³/mol. The third-order valence-corrected chi connectivity index (χ3v) is 2.21. The zero-order valence-corrected chi connectivity index (χ0v) is 8.82. The Labute approximate surface area is 93.3 Å². The van der Waals surface area contributed by atoms with Crippen LogP contribution in [0.25, 0.3) is 0 Å². The summed E-state index contributed by atoms with van der Waals surface area (Å²) >= 11 is 0. The fourth-order valence-electron chi connectivity index (χ4n) is 1.43. The van der Waals surface area contributed by atoms with Crippen molar-refractivity contribution < 1.29 is 9.13 Å². The van der Waals surface area contributed by atoms with Crippen molar-refractivity contribution in [3.63, 3.8) is 0 Å². The Morgan fingerprint density at radius 3 is 3.06 bits per heavy atom. The summed E-state index contributed by atoms with van der Waals surface area (Å²) in [5.41, 5.74) is 1.09. The minimum atomic E-state index is -0.272. The van der Waals surface area contributed by atoms with Crippen LogP contribution in [0.2, 0.25) is 0 Å². The standard InChI is InChI=1S/C12H13FN2O/c13-10-3-1-5-12(7-10)16-6-2-4-11-8-14-9-15-11/h1,3,5,7-9H,2,4,6H2,(H,14,15). The number of imidazole rings is 1. The molecule has 16 heavy (non-hydrogen) atoms.